The average Bonchev–Trinajstić information content (AvgIpc) is 3.40. The van der Waals surface area contributed by atoms with Gasteiger partial charge in [-0.15, -0.1) is 0 Å². The number of hydrogen-bond acceptors (Lipinski definition) is 7. The molecule has 0 aliphatic carbocycles. The summed E-state index contributed by atoms with van der Waals surface area (Å²) in [6.45, 7) is 4.79. The first kappa shape index (κ1) is 27.2. The van der Waals surface area contributed by atoms with Gasteiger partial charge in [-0.2, -0.15) is 18.3 Å². The van der Waals surface area contributed by atoms with Crippen molar-refractivity contribution in [3.8, 4) is 11.3 Å². The third-order valence-electron chi connectivity index (χ3n) is 6.37. The molecule has 4 N–H and O–H groups in total. The van der Waals surface area contributed by atoms with Crippen molar-refractivity contribution in [3.05, 3.63) is 41.5 Å². The van der Waals surface area contributed by atoms with E-state index in [-0.39, 0.29) is 53.8 Å². The lowest BCUT2D eigenvalue weighted by molar-refractivity contribution is -0.140. The summed E-state index contributed by atoms with van der Waals surface area (Å²) in [4.78, 5) is 34.5. The molecule has 1 fully saturated rings. The number of nitrogen functional groups attached to an aromatic ring is 1. The molecular formula is C24H27F4N7O3. The lowest BCUT2D eigenvalue weighted by atomic mass is 10.1. The number of hydrogen-bond donors (Lipinski definition) is 3. The molecule has 14 heteroatoms. The van der Waals surface area contributed by atoms with Crippen LogP contribution in [0, 0.1) is 12.8 Å². The topological polar surface area (TPSA) is 139 Å². The summed E-state index contributed by atoms with van der Waals surface area (Å²) in [5.41, 5.74) is 4.59. The molecule has 0 aromatic carbocycles. The van der Waals surface area contributed by atoms with Crippen molar-refractivity contribution < 1.29 is 32.3 Å². The van der Waals surface area contributed by atoms with Crippen LogP contribution >= 0.6 is 0 Å². The van der Waals surface area contributed by atoms with Crippen LogP contribution in [0.5, 0.6) is 0 Å². The number of anilines is 1. The number of amides is 2. The highest BCUT2D eigenvalue weighted by Gasteiger charge is 2.39. The van der Waals surface area contributed by atoms with Gasteiger partial charge in [-0.1, -0.05) is 13.8 Å². The largest absolute Gasteiger partial charge is 0.418 e. The number of halogens is 4. The molecule has 0 saturated carbocycles. The van der Waals surface area contributed by atoms with Gasteiger partial charge in [0.2, 0.25) is 0 Å². The van der Waals surface area contributed by atoms with E-state index in [1.807, 2.05) is 13.8 Å². The smallest absolute Gasteiger partial charge is 0.383 e. The van der Waals surface area contributed by atoms with Gasteiger partial charge in [0, 0.05) is 18.3 Å². The first-order valence-corrected chi connectivity index (χ1v) is 11.9. The molecular weight excluding hydrogens is 510 g/mol. The first-order valence-electron chi connectivity index (χ1n) is 11.9. The number of alkyl halides is 4. The van der Waals surface area contributed by atoms with Gasteiger partial charge in [0.1, 0.15) is 24.1 Å². The number of rotatable bonds is 6. The van der Waals surface area contributed by atoms with Crippen LogP contribution in [0.15, 0.2) is 24.7 Å². The second-order valence-corrected chi connectivity index (χ2v) is 9.69. The minimum Gasteiger partial charge on any atom is -0.383 e. The Balaban J connectivity index is 1.60. The van der Waals surface area contributed by atoms with Gasteiger partial charge in [-0.05, 0) is 31.4 Å². The minimum atomic E-state index is -4.74. The Bertz CT molecular complexity index is 1380. The molecule has 10 nitrogen and oxygen atoms in total. The zero-order chi connectivity index (χ0) is 27.9. The lowest BCUT2D eigenvalue weighted by Gasteiger charge is -2.21. The van der Waals surface area contributed by atoms with Gasteiger partial charge < -0.3 is 21.1 Å². The number of nitrogens with two attached hydrogens (primary N) is 1. The molecule has 38 heavy (non-hydrogen) atoms. The fraction of sp³-hybridized carbons (Fsp3) is 0.458. The van der Waals surface area contributed by atoms with E-state index in [1.54, 1.807) is 0 Å². The summed E-state index contributed by atoms with van der Waals surface area (Å²) < 4.78 is 56.7. The van der Waals surface area contributed by atoms with Gasteiger partial charge in [-0.3, -0.25) is 14.6 Å². The minimum absolute atomic E-state index is 0.00450. The monoisotopic (exact) mass is 537 g/mol. The molecule has 0 radical (unpaired) electrons. The predicted molar refractivity (Wildman–Crippen MR) is 129 cm³/mol. The number of aliphatic hydroxyl groups excluding tert-OH is 1. The molecule has 3 aromatic rings. The third-order valence-corrected chi connectivity index (χ3v) is 6.37. The summed E-state index contributed by atoms with van der Waals surface area (Å²) in [7, 11) is 0. The molecule has 1 saturated heterocycles. The summed E-state index contributed by atoms with van der Waals surface area (Å²) in [5.74, 6) is -1.64. The van der Waals surface area contributed by atoms with E-state index in [0.717, 1.165) is 16.9 Å². The molecule has 4 heterocycles. The SMILES string of the molecule is Cc1ncc(-c2cc(C(F)(F)F)c3c(N)ncnn23)cc1C(=O)N[C@@H]1CN(C(=O)C(O)CC(C)C)C[C@@H]1F. The Kier molecular flexibility index (Phi) is 7.28. The maximum Gasteiger partial charge on any atom is 0.418 e. The van der Waals surface area contributed by atoms with Gasteiger partial charge in [0.05, 0.1) is 35.1 Å². The van der Waals surface area contributed by atoms with Crippen molar-refractivity contribution in [2.75, 3.05) is 18.8 Å². The van der Waals surface area contributed by atoms with Crippen LogP contribution in [0.3, 0.4) is 0 Å². The lowest BCUT2D eigenvalue weighted by Crippen LogP contribution is -2.43. The average molecular weight is 538 g/mol. The quantitative estimate of drug-likeness (QED) is 0.411. The molecule has 1 aliphatic heterocycles. The van der Waals surface area contributed by atoms with E-state index in [2.05, 4.69) is 20.4 Å². The van der Waals surface area contributed by atoms with Crippen molar-refractivity contribution in [1.29, 1.82) is 0 Å². The van der Waals surface area contributed by atoms with Crippen LogP contribution in [0.4, 0.5) is 23.4 Å². The zero-order valence-corrected chi connectivity index (χ0v) is 20.8. The zero-order valence-electron chi connectivity index (χ0n) is 20.8. The normalized spacial score (nSPS) is 18.8. The number of pyridine rings is 1. The molecule has 2 amide bonds. The summed E-state index contributed by atoms with van der Waals surface area (Å²) in [6, 6.07) is 1.13. The van der Waals surface area contributed by atoms with Gasteiger partial charge in [0.15, 0.2) is 5.82 Å². The number of fused-ring (bicyclic) bond motifs is 1. The summed E-state index contributed by atoms with van der Waals surface area (Å²) in [6.07, 6.45) is -5.07. The van der Waals surface area contributed by atoms with Crippen LogP contribution in [0.2, 0.25) is 0 Å². The number of likely N-dealkylation sites (tertiary alicyclic amines) is 1. The number of carbonyl (C=O) groups excluding carboxylic acids is 2. The molecule has 0 bridgehead atoms. The van der Waals surface area contributed by atoms with Crippen molar-refractivity contribution in [2.45, 2.75) is 51.7 Å². The first-order chi connectivity index (χ1) is 17.8. The van der Waals surface area contributed by atoms with Crippen LogP contribution in [-0.2, 0) is 11.0 Å². The van der Waals surface area contributed by atoms with Crippen molar-refractivity contribution in [2.24, 2.45) is 5.92 Å². The Labute approximate surface area is 214 Å². The fourth-order valence-corrected chi connectivity index (χ4v) is 4.48. The van der Waals surface area contributed by atoms with Crippen molar-refractivity contribution >= 4 is 23.1 Å². The van der Waals surface area contributed by atoms with Crippen LogP contribution in [-0.4, -0.2) is 72.8 Å². The number of aliphatic hydroxyl groups is 1. The van der Waals surface area contributed by atoms with Crippen molar-refractivity contribution in [3.63, 3.8) is 0 Å². The second-order valence-electron chi connectivity index (χ2n) is 9.69. The number of nitrogens with zero attached hydrogens (tertiary/aromatic N) is 5. The molecule has 3 atom stereocenters. The van der Waals surface area contributed by atoms with Gasteiger partial charge >= 0.3 is 6.18 Å². The second kappa shape index (κ2) is 10.2. The molecule has 4 rings (SSSR count). The Morgan fingerprint density at radius 3 is 2.61 bits per heavy atom. The van der Waals surface area contributed by atoms with E-state index in [1.165, 1.54) is 24.1 Å². The number of aryl methyl sites for hydroxylation is 1. The summed E-state index contributed by atoms with van der Waals surface area (Å²) >= 11 is 0. The van der Waals surface area contributed by atoms with Gasteiger partial charge in [-0.25, -0.2) is 13.9 Å². The maximum atomic E-state index is 14.7. The maximum absolute atomic E-state index is 14.7. The van der Waals surface area contributed by atoms with Crippen LogP contribution in [0.1, 0.15) is 41.9 Å². The Hall–Kier alpha value is -3.81. The molecule has 1 aliphatic rings. The van der Waals surface area contributed by atoms with E-state index in [0.29, 0.717) is 0 Å². The van der Waals surface area contributed by atoms with Crippen molar-refractivity contribution in [1.82, 2.24) is 29.8 Å². The third kappa shape index (κ3) is 5.26. The standard InChI is InChI=1S/C24H27F4N7O3/c1-11(2)4-19(36)23(38)34-8-16(25)17(9-34)33-22(37)14-5-13(7-30-12(14)3)18-6-15(24(26,27)28)20-21(29)31-10-32-35(18)20/h5-7,10-11,16-17,19,36H,4,8-9H2,1-3H3,(H,33,37)(H2,29,31,32)/t16-,17+,19?/m0/s1. The fourth-order valence-electron chi connectivity index (χ4n) is 4.48. The van der Waals surface area contributed by atoms with E-state index < -0.39 is 47.4 Å². The molecule has 0 spiro atoms. The highest BCUT2D eigenvalue weighted by atomic mass is 19.4. The Morgan fingerprint density at radius 1 is 1.24 bits per heavy atom. The Morgan fingerprint density at radius 2 is 1.95 bits per heavy atom. The number of aromatic nitrogens is 4. The highest BCUT2D eigenvalue weighted by molar-refractivity contribution is 5.97. The number of carbonyl (C=O) groups is 2. The van der Waals surface area contributed by atoms with E-state index >= 15 is 0 Å². The molecule has 3 aromatic heterocycles. The predicted octanol–water partition coefficient (Wildman–Crippen LogP) is 2.39. The molecule has 204 valence electrons. The van der Waals surface area contributed by atoms with Gasteiger partial charge in [0.25, 0.3) is 11.8 Å². The van der Waals surface area contributed by atoms with E-state index in [4.69, 9.17) is 5.73 Å². The van der Waals surface area contributed by atoms with Crippen LogP contribution < -0.4 is 11.1 Å². The van der Waals surface area contributed by atoms with Crippen LogP contribution in [0.25, 0.3) is 16.8 Å². The highest BCUT2D eigenvalue weighted by Crippen LogP contribution is 2.38. The summed E-state index contributed by atoms with van der Waals surface area (Å²) in [5, 5.41) is 16.5. The molecule has 1 unspecified atom stereocenters. The van der Waals surface area contributed by atoms with E-state index in [9.17, 15) is 32.3 Å². The number of nitrogens with one attached hydrogen (secondary N) is 1.